The van der Waals surface area contributed by atoms with Crippen molar-refractivity contribution in [2.75, 3.05) is 32.8 Å². The number of aliphatic carboxylic acids is 1. The Labute approximate surface area is 172 Å². The number of carboxylic acids is 1. The normalized spacial score (nSPS) is 17.6. The van der Waals surface area contributed by atoms with Crippen molar-refractivity contribution < 1.29 is 19.4 Å². The van der Waals surface area contributed by atoms with E-state index in [4.69, 9.17) is 9.84 Å². The van der Waals surface area contributed by atoms with Crippen molar-refractivity contribution in [2.45, 2.75) is 38.6 Å². The molecule has 1 aliphatic heterocycles. The molecule has 6 heteroatoms. The zero-order valence-electron chi connectivity index (χ0n) is 17.0. The number of rotatable bonds is 8. The molecule has 1 aliphatic rings. The van der Waals surface area contributed by atoms with Crippen LogP contribution >= 0.6 is 0 Å². The summed E-state index contributed by atoms with van der Waals surface area (Å²) in [4.78, 5) is 26.8. The van der Waals surface area contributed by atoms with Crippen molar-refractivity contribution in [3.05, 3.63) is 42.5 Å². The molecule has 0 saturated carbocycles. The molecule has 0 spiro atoms. The minimum absolute atomic E-state index is 0.0162. The van der Waals surface area contributed by atoms with E-state index in [9.17, 15) is 9.59 Å². The van der Waals surface area contributed by atoms with Crippen LogP contribution in [0, 0.1) is 0 Å². The zero-order valence-corrected chi connectivity index (χ0v) is 17.0. The molecular formula is C23H30N2O4. The van der Waals surface area contributed by atoms with Gasteiger partial charge < -0.3 is 19.6 Å². The number of carbonyl (C=O) groups excluding carboxylic acids is 1. The first kappa shape index (κ1) is 21.1. The maximum absolute atomic E-state index is 11.8. The van der Waals surface area contributed by atoms with Gasteiger partial charge in [-0.25, -0.2) is 0 Å². The van der Waals surface area contributed by atoms with Gasteiger partial charge >= 0.3 is 5.97 Å². The van der Waals surface area contributed by atoms with E-state index in [-0.39, 0.29) is 18.5 Å². The monoisotopic (exact) mass is 398 g/mol. The minimum atomic E-state index is -0.952. The second-order valence-corrected chi connectivity index (χ2v) is 7.68. The molecule has 0 bridgehead atoms. The smallest absolute Gasteiger partial charge is 0.323 e. The Balaban J connectivity index is 1.43. The van der Waals surface area contributed by atoms with Gasteiger partial charge in [0, 0.05) is 26.1 Å². The van der Waals surface area contributed by atoms with E-state index in [0.29, 0.717) is 6.61 Å². The lowest BCUT2D eigenvalue weighted by Gasteiger charge is -2.29. The van der Waals surface area contributed by atoms with Gasteiger partial charge in [0.15, 0.2) is 0 Å². The van der Waals surface area contributed by atoms with Crippen LogP contribution in [-0.2, 0) is 9.59 Å². The van der Waals surface area contributed by atoms with Crippen molar-refractivity contribution in [3.8, 4) is 5.75 Å². The second kappa shape index (κ2) is 10.3. The summed E-state index contributed by atoms with van der Waals surface area (Å²) >= 11 is 0. The molecule has 1 heterocycles. The number of nitrogens with zero attached hydrogens (tertiary/aromatic N) is 2. The summed E-state index contributed by atoms with van der Waals surface area (Å²) in [5, 5.41) is 11.5. The van der Waals surface area contributed by atoms with Gasteiger partial charge in [0.25, 0.3) is 0 Å². The van der Waals surface area contributed by atoms with Crippen molar-refractivity contribution in [1.29, 1.82) is 0 Å². The molecule has 2 aromatic carbocycles. The summed E-state index contributed by atoms with van der Waals surface area (Å²) in [6.45, 7) is 4.71. The van der Waals surface area contributed by atoms with Gasteiger partial charge in [-0.2, -0.15) is 0 Å². The summed E-state index contributed by atoms with van der Waals surface area (Å²) in [6, 6.07) is 14.4. The van der Waals surface area contributed by atoms with Crippen LogP contribution in [0.25, 0.3) is 10.8 Å². The Kier molecular flexibility index (Phi) is 7.47. The third-order valence-corrected chi connectivity index (χ3v) is 5.55. The molecule has 2 aromatic rings. The molecule has 1 atom stereocenters. The number of likely N-dealkylation sites (tertiary alicyclic amines) is 1. The van der Waals surface area contributed by atoms with E-state index in [1.807, 2.05) is 18.2 Å². The third kappa shape index (κ3) is 6.19. The molecule has 1 saturated heterocycles. The van der Waals surface area contributed by atoms with Gasteiger partial charge in [-0.15, -0.1) is 0 Å². The first-order valence-corrected chi connectivity index (χ1v) is 10.4. The lowest BCUT2D eigenvalue weighted by atomic mass is 10.1. The first-order valence-electron chi connectivity index (χ1n) is 10.4. The van der Waals surface area contributed by atoms with Crippen LogP contribution in [0.1, 0.15) is 32.6 Å². The van der Waals surface area contributed by atoms with E-state index in [1.54, 1.807) is 0 Å². The highest BCUT2D eigenvalue weighted by atomic mass is 16.5. The van der Waals surface area contributed by atoms with Gasteiger partial charge in [-0.05, 0) is 55.1 Å². The number of benzene rings is 2. The van der Waals surface area contributed by atoms with Crippen LogP contribution in [0.2, 0.25) is 0 Å². The van der Waals surface area contributed by atoms with Gasteiger partial charge in [-0.3, -0.25) is 9.59 Å². The van der Waals surface area contributed by atoms with Gasteiger partial charge in [0.05, 0.1) is 6.61 Å². The van der Waals surface area contributed by atoms with Crippen LogP contribution in [0.3, 0.4) is 0 Å². The lowest BCUT2D eigenvalue weighted by Crippen LogP contribution is -2.42. The van der Waals surface area contributed by atoms with E-state index in [1.165, 1.54) is 22.6 Å². The summed E-state index contributed by atoms with van der Waals surface area (Å²) in [5.41, 5.74) is 0. The molecule has 1 N–H and O–H groups in total. The SMILES string of the molecule is CC(=O)N(CC(=O)O)C1CCCN(CCCOc2ccc3ccccc3c2)CC1. The van der Waals surface area contributed by atoms with Crippen molar-refractivity contribution in [1.82, 2.24) is 9.80 Å². The Morgan fingerprint density at radius 2 is 1.93 bits per heavy atom. The highest BCUT2D eigenvalue weighted by molar-refractivity contribution is 5.83. The van der Waals surface area contributed by atoms with E-state index < -0.39 is 5.97 Å². The molecule has 29 heavy (non-hydrogen) atoms. The summed E-state index contributed by atoms with van der Waals surface area (Å²) in [5.74, 6) is -0.216. The van der Waals surface area contributed by atoms with Crippen molar-refractivity contribution in [2.24, 2.45) is 0 Å². The Morgan fingerprint density at radius 3 is 2.69 bits per heavy atom. The molecule has 0 aromatic heterocycles. The lowest BCUT2D eigenvalue weighted by molar-refractivity contribution is -0.145. The van der Waals surface area contributed by atoms with E-state index in [0.717, 1.165) is 51.1 Å². The number of carboxylic acid groups (broad SMARTS) is 1. The summed E-state index contributed by atoms with van der Waals surface area (Å²) in [6.07, 6.45) is 3.58. The van der Waals surface area contributed by atoms with Gasteiger partial charge in [-0.1, -0.05) is 30.3 Å². The largest absolute Gasteiger partial charge is 0.494 e. The first-order chi connectivity index (χ1) is 14.0. The Bertz CT molecular complexity index is 838. The van der Waals surface area contributed by atoms with Gasteiger partial charge in [0.1, 0.15) is 12.3 Å². The second-order valence-electron chi connectivity index (χ2n) is 7.68. The van der Waals surface area contributed by atoms with Crippen molar-refractivity contribution in [3.63, 3.8) is 0 Å². The quantitative estimate of drug-likeness (QED) is 0.690. The number of hydrogen-bond donors (Lipinski definition) is 1. The minimum Gasteiger partial charge on any atom is -0.494 e. The van der Waals surface area contributed by atoms with E-state index in [2.05, 4.69) is 29.2 Å². The Morgan fingerprint density at radius 1 is 1.14 bits per heavy atom. The van der Waals surface area contributed by atoms with Crippen LogP contribution in [-0.4, -0.2) is 65.6 Å². The Hall–Kier alpha value is -2.60. The molecule has 6 nitrogen and oxygen atoms in total. The molecule has 1 unspecified atom stereocenters. The van der Waals surface area contributed by atoms with Gasteiger partial charge in [0.2, 0.25) is 5.91 Å². The number of carbonyl (C=O) groups is 2. The van der Waals surface area contributed by atoms with E-state index >= 15 is 0 Å². The molecule has 0 aliphatic carbocycles. The average molecular weight is 399 g/mol. The van der Waals surface area contributed by atoms with Crippen molar-refractivity contribution >= 4 is 22.6 Å². The third-order valence-electron chi connectivity index (χ3n) is 5.55. The maximum Gasteiger partial charge on any atom is 0.323 e. The van der Waals surface area contributed by atoms with Crippen LogP contribution in [0.5, 0.6) is 5.75 Å². The predicted molar refractivity (Wildman–Crippen MR) is 113 cm³/mol. The standard InChI is InChI=1S/C23H30N2O4/c1-18(26)25(17-23(27)28)21-8-4-12-24(14-11-21)13-5-15-29-22-10-9-19-6-2-3-7-20(19)16-22/h2-3,6-7,9-10,16,21H,4-5,8,11-15,17H2,1H3,(H,27,28). The summed E-state index contributed by atoms with van der Waals surface area (Å²) in [7, 11) is 0. The number of fused-ring (bicyclic) bond motifs is 1. The molecule has 1 amide bonds. The molecule has 0 radical (unpaired) electrons. The maximum atomic E-state index is 11.8. The highest BCUT2D eigenvalue weighted by Gasteiger charge is 2.25. The topological polar surface area (TPSA) is 70.1 Å². The molecule has 3 rings (SSSR count). The van der Waals surface area contributed by atoms with Crippen LogP contribution in [0.15, 0.2) is 42.5 Å². The fourth-order valence-electron chi connectivity index (χ4n) is 4.05. The fraction of sp³-hybridized carbons (Fsp3) is 0.478. The molecule has 156 valence electrons. The van der Waals surface area contributed by atoms with Crippen LogP contribution < -0.4 is 4.74 Å². The summed E-state index contributed by atoms with van der Waals surface area (Å²) < 4.78 is 5.93. The fourth-order valence-corrected chi connectivity index (χ4v) is 4.05. The number of ether oxygens (including phenoxy) is 1. The molecule has 1 fully saturated rings. The zero-order chi connectivity index (χ0) is 20.6. The predicted octanol–water partition coefficient (Wildman–Crippen LogP) is 3.40. The average Bonchev–Trinajstić information content (AvgIpc) is 2.94. The molecular weight excluding hydrogens is 368 g/mol. The number of amides is 1. The van der Waals surface area contributed by atoms with Crippen LogP contribution in [0.4, 0.5) is 0 Å². The number of hydrogen-bond acceptors (Lipinski definition) is 4. The highest BCUT2D eigenvalue weighted by Crippen LogP contribution is 2.21.